The number of para-hydroxylation sites is 1. The van der Waals surface area contributed by atoms with Gasteiger partial charge in [-0.3, -0.25) is 5.10 Å². The minimum Gasteiger partial charge on any atom is -0.382 e. The molecule has 0 aliphatic heterocycles. The molecular formula is C16H20N4S. The monoisotopic (exact) mass is 300 g/mol. The van der Waals surface area contributed by atoms with Gasteiger partial charge in [-0.2, -0.15) is 5.10 Å². The van der Waals surface area contributed by atoms with Crippen LogP contribution in [0, 0.1) is 5.92 Å². The van der Waals surface area contributed by atoms with E-state index in [1.807, 2.05) is 18.2 Å². The highest BCUT2D eigenvalue weighted by atomic mass is 32.1. The summed E-state index contributed by atoms with van der Waals surface area (Å²) in [6.07, 6.45) is 3.30. The molecule has 110 valence electrons. The van der Waals surface area contributed by atoms with Crippen LogP contribution in [0.2, 0.25) is 0 Å². The minimum atomic E-state index is 0.551. The SMILES string of the molecule is CCC(CC)Cc1[nH]nc(N)c1-c1nc2ccccc2s1. The lowest BCUT2D eigenvalue weighted by Gasteiger charge is -2.11. The number of aromatic amines is 1. The third-order valence-corrected chi connectivity index (χ3v) is 5.08. The third-order valence-electron chi connectivity index (χ3n) is 4.02. The van der Waals surface area contributed by atoms with E-state index < -0.39 is 0 Å². The van der Waals surface area contributed by atoms with E-state index in [2.05, 4.69) is 30.1 Å². The molecule has 0 radical (unpaired) electrons. The lowest BCUT2D eigenvalue weighted by molar-refractivity contribution is 0.485. The van der Waals surface area contributed by atoms with E-state index in [1.165, 1.54) is 4.70 Å². The van der Waals surface area contributed by atoms with E-state index in [4.69, 9.17) is 10.7 Å². The second kappa shape index (κ2) is 5.85. The Bertz CT molecular complexity index is 707. The average molecular weight is 300 g/mol. The molecule has 2 heterocycles. The van der Waals surface area contributed by atoms with Crippen LogP contribution in [-0.4, -0.2) is 15.2 Å². The molecule has 21 heavy (non-hydrogen) atoms. The first kappa shape index (κ1) is 14.1. The van der Waals surface area contributed by atoms with Gasteiger partial charge in [0.25, 0.3) is 0 Å². The van der Waals surface area contributed by atoms with Crippen LogP contribution in [-0.2, 0) is 6.42 Å². The molecule has 0 spiro atoms. The summed E-state index contributed by atoms with van der Waals surface area (Å²) in [6.45, 7) is 4.45. The third kappa shape index (κ3) is 2.65. The number of rotatable bonds is 5. The molecule has 5 heteroatoms. The summed E-state index contributed by atoms with van der Waals surface area (Å²) in [4.78, 5) is 4.71. The van der Waals surface area contributed by atoms with Crippen LogP contribution < -0.4 is 5.73 Å². The molecule has 0 bridgehead atoms. The van der Waals surface area contributed by atoms with Crippen molar-refractivity contribution in [3.05, 3.63) is 30.0 Å². The summed E-state index contributed by atoms with van der Waals surface area (Å²) >= 11 is 1.67. The number of nitrogens with zero attached hydrogens (tertiary/aromatic N) is 2. The number of nitrogens with one attached hydrogen (secondary N) is 1. The summed E-state index contributed by atoms with van der Waals surface area (Å²) < 4.78 is 1.18. The maximum atomic E-state index is 6.08. The molecular weight excluding hydrogens is 280 g/mol. The van der Waals surface area contributed by atoms with Gasteiger partial charge < -0.3 is 5.73 Å². The summed E-state index contributed by atoms with van der Waals surface area (Å²) in [5.74, 6) is 1.20. The van der Waals surface area contributed by atoms with Crippen LogP contribution in [0.15, 0.2) is 24.3 Å². The van der Waals surface area contributed by atoms with Crippen molar-refractivity contribution < 1.29 is 0 Å². The van der Waals surface area contributed by atoms with Gasteiger partial charge in [-0.15, -0.1) is 11.3 Å². The first-order valence-electron chi connectivity index (χ1n) is 7.41. The zero-order chi connectivity index (χ0) is 14.8. The summed E-state index contributed by atoms with van der Waals surface area (Å²) in [6, 6.07) is 8.17. The van der Waals surface area contributed by atoms with E-state index in [1.54, 1.807) is 11.3 Å². The standard InChI is InChI=1S/C16H20N4S/c1-3-10(4-2)9-12-14(15(17)20-19-12)16-18-11-7-5-6-8-13(11)21-16/h5-8,10H,3-4,9H2,1-2H3,(H3,17,19,20). The van der Waals surface area contributed by atoms with E-state index in [0.717, 1.165) is 41.0 Å². The number of anilines is 1. The normalized spacial score (nSPS) is 11.6. The molecule has 1 aromatic carbocycles. The zero-order valence-electron chi connectivity index (χ0n) is 12.4. The molecule has 3 N–H and O–H groups in total. The molecule has 2 aromatic heterocycles. The second-order valence-electron chi connectivity index (χ2n) is 5.34. The quantitative estimate of drug-likeness (QED) is 0.740. The second-order valence-corrected chi connectivity index (χ2v) is 6.37. The fraction of sp³-hybridized carbons (Fsp3) is 0.375. The topological polar surface area (TPSA) is 67.6 Å². The van der Waals surface area contributed by atoms with Crippen molar-refractivity contribution in [1.82, 2.24) is 15.2 Å². The molecule has 0 saturated carbocycles. The summed E-state index contributed by atoms with van der Waals surface area (Å²) in [7, 11) is 0. The molecule has 0 aliphatic rings. The van der Waals surface area contributed by atoms with Gasteiger partial charge in [0.2, 0.25) is 0 Å². The Hall–Kier alpha value is -1.88. The fourth-order valence-electron chi connectivity index (χ4n) is 2.63. The predicted octanol–water partition coefficient (Wildman–Crippen LogP) is 4.25. The Labute approximate surface area is 128 Å². The molecule has 0 aliphatic carbocycles. The zero-order valence-corrected chi connectivity index (χ0v) is 13.2. The van der Waals surface area contributed by atoms with E-state index in [9.17, 15) is 0 Å². The van der Waals surface area contributed by atoms with Crippen molar-refractivity contribution in [2.24, 2.45) is 5.92 Å². The van der Waals surface area contributed by atoms with Crippen LogP contribution in [0.4, 0.5) is 5.82 Å². The maximum Gasteiger partial charge on any atom is 0.155 e. The largest absolute Gasteiger partial charge is 0.382 e. The first-order valence-corrected chi connectivity index (χ1v) is 8.23. The van der Waals surface area contributed by atoms with E-state index in [-0.39, 0.29) is 0 Å². The van der Waals surface area contributed by atoms with Crippen molar-refractivity contribution in [2.45, 2.75) is 33.1 Å². The van der Waals surface area contributed by atoms with Crippen LogP contribution in [0.3, 0.4) is 0 Å². The smallest absolute Gasteiger partial charge is 0.155 e. The highest BCUT2D eigenvalue weighted by Crippen LogP contribution is 2.35. The lowest BCUT2D eigenvalue weighted by Crippen LogP contribution is -2.03. The highest BCUT2D eigenvalue weighted by Gasteiger charge is 2.19. The number of nitrogens with two attached hydrogens (primary N) is 1. The summed E-state index contributed by atoms with van der Waals surface area (Å²) in [5.41, 5.74) is 9.20. The van der Waals surface area contributed by atoms with Crippen molar-refractivity contribution in [3.63, 3.8) is 0 Å². The van der Waals surface area contributed by atoms with E-state index >= 15 is 0 Å². The van der Waals surface area contributed by atoms with Crippen LogP contribution in [0.25, 0.3) is 20.8 Å². The maximum absolute atomic E-state index is 6.08. The molecule has 4 nitrogen and oxygen atoms in total. The van der Waals surface area contributed by atoms with Gasteiger partial charge >= 0.3 is 0 Å². The number of H-pyrrole nitrogens is 1. The molecule has 0 amide bonds. The van der Waals surface area contributed by atoms with Crippen LogP contribution in [0.1, 0.15) is 32.4 Å². The van der Waals surface area contributed by atoms with Crippen molar-refractivity contribution in [3.8, 4) is 10.6 Å². The highest BCUT2D eigenvalue weighted by molar-refractivity contribution is 7.21. The van der Waals surface area contributed by atoms with Gasteiger partial charge in [0, 0.05) is 5.69 Å². The van der Waals surface area contributed by atoms with Gasteiger partial charge in [-0.1, -0.05) is 38.8 Å². The molecule has 3 aromatic rings. The molecule has 0 unspecified atom stereocenters. The Morgan fingerprint density at radius 3 is 2.71 bits per heavy atom. The molecule has 0 saturated heterocycles. The Balaban J connectivity index is 2.03. The van der Waals surface area contributed by atoms with Crippen molar-refractivity contribution in [1.29, 1.82) is 0 Å². The Kier molecular flexibility index (Phi) is 3.92. The van der Waals surface area contributed by atoms with Gasteiger partial charge in [0.15, 0.2) is 5.82 Å². The van der Waals surface area contributed by atoms with Crippen molar-refractivity contribution >= 4 is 27.4 Å². The average Bonchev–Trinajstić information content (AvgIpc) is 3.07. The molecule has 3 rings (SSSR count). The lowest BCUT2D eigenvalue weighted by atomic mass is 9.96. The molecule has 0 fully saturated rings. The van der Waals surface area contributed by atoms with Crippen molar-refractivity contribution in [2.75, 3.05) is 5.73 Å². The van der Waals surface area contributed by atoms with Gasteiger partial charge in [0.1, 0.15) is 5.01 Å². The van der Waals surface area contributed by atoms with E-state index in [0.29, 0.717) is 11.7 Å². The Morgan fingerprint density at radius 2 is 2.00 bits per heavy atom. The summed E-state index contributed by atoms with van der Waals surface area (Å²) in [5, 5.41) is 8.27. The number of nitrogen functional groups attached to an aromatic ring is 1. The number of benzene rings is 1. The fourth-order valence-corrected chi connectivity index (χ4v) is 3.67. The number of hydrogen-bond acceptors (Lipinski definition) is 4. The van der Waals surface area contributed by atoms with Gasteiger partial charge in [-0.05, 0) is 24.5 Å². The Morgan fingerprint density at radius 1 is 1.24 bits per heavy atom. The first-order chi connectivity index (χ1) is 10.2. The predicted molar refractivity (Wildman–Crippen MR) is 89.4 cm³/mol. The van der Waals surface area contributed by atoms with Crippen LogP contribution >= 0.6 is 11.3 Å². The number of fused-ring (bicyclic) bond motifs is 1. The number of thiazole rings is 1. The van der Waals surface area contributed by atoms with Gasteiger partial charge in [-0.25, -0.2) is 4.98 Å². The minimum absolute atomic E-state index is 0.551. The molecule has 0 atom stereocenters. The number of hydrogen-bond donors (Lipinski definition) is 2. The number of aromatic nitrogens is 3. The van der Waals surface area contributed by atoms with Gasteiger partial charge in [0.05, 0.1) is 15.8 Å². The van der Waals surface area contributed by atoms with Crippen LogP contribution in [0.5, 0.6) is 0 Å².